The second kappa shape index (κ2) is 9.11. The van der Waals surface area contributed by atoms with Crippen molar-refractivity contribution in [3.63, 3.8) is 0 Å². The maximum absolute atomic E-state index is 12.7. The summed E-state index contributed by atoms with van der Waals surface area (Å²) in [5.74, 6) is -0.309. The third kappa shape index (κ3) is 4.59. The smallest absolute Gasteiger partial charge is 0.379 e. The van der Waals surface area contributed by atoms with Crippen LogP contribution in [0.25, 0.3) is 6.08 Å². The van der Waals surface area contributed by atoms with E-state index in [4.69, 9.17) is 13.9 Å². The lowest BCUT2D eigenvalue weighted by atomic mass is 10.2. The van der Waals surface area contributed by atoms with Gasteiger partial charge in [-0.25, -0.2) is 13.2 Å². The van der Waals surface area contributed by atoms with Gasteiger partial charge in [0.2, 0.25) is 15.6 Å². The highest BCUT2D eigenvalue weighted by Gasteiger charge is 2.21. The Morgan fingerprint density at radius 1 is 1.10 bits per heavy atom. The molecule has 0 N–H and O–H groups in total. The topological polar surface area (TPSA) is 107 Å². The predicted octanol–water partition coefficient (Wildman–Crippen LogP) is 4.24. The molecule has 0 saturated heterocycles. The van der Waals surface area contributed by atoms with E-state index in [0.29, 0.717) is 5.56 Å². The van der Waals surface area contributed by atoms with Gasteiger partial charge in [-0.05, 0) is 55.0 Å². The van der Waals surface area contributed by atoms with Crippen LogP contribution < -0.4 is 9.47 Å². The minimum Gasteiger partial charge on any atom is -0.490 e. The SMILES string of the molecule is CCOc1cc(C=C(C#N)S(=O)(=O)c2ccccc2)ccc1OC(=O)c1ccco1. The molecule has 0 bridgehead atoms. The summed E-state index contributed by atoms with van der Waals surface area (Å²) in [6.45, 7) is 2.03. The van der Waals surface area contributed by atoms with Crippen LogP contribution in [0.15, 0.2) is 81.1 Å². The molecule has 2 aromatic carbocycles. The maximum atomic E-state index is 12.7. The molecule has 0 aliphatic rings. The fraction of sp³-hybridized carbons (Fsp3) is 0.0909. The van der Waals surface area contributed by atoms with Gasteiger partial charge in [0.25, 0.3) is 0 Å². The summed E-state index contributed by atoms with van der Waals surface area (Å²) in [6.07, 6.45) is 2.59. The zero-order valence-electron chi connectivity index (χ0n) is 15.9. The molecule has 0 saturated carbocycles. The monoisotopic (exact) mass is 423 g/mol. The molecule has 0 spiro atoms. The first-order chi connectivity index (χ1) is 14.5. The molecule has 0 amide bonds. The van der Waals surface area contributed by atoms with Gasteiger partial charge >= 0.3 is 5.97 Å². The molecule has 7 nitrogen and oxygen atoms in total. The summed E-state index contributed by atoms with van der Waals surface area (Å²) < 4.78 is 41.3. The number of hydrogen-bond acceptors (Lipinski definition) is 7. The second-order valence-corrected chi connectivity index (χ2v) is 7.86. The Morgan fingerprint density at radius 3 is 2.50 bits per heavy atom. The van der Waals surface area contributed by atoms with Crippen molar-refractivity contribution in [2.24, 2.45) is 0 Å². The van der Waals surface area contributed by atoms with Crippen LogP contribution in [0.4, 0.5) is 0 Å². The van der Waals surface area contributed by atoms with Crippen LogP contribution in [0.5, 0.6) is 11.5 Å². The van der Waals surface area contributed by atoms with E-state index in [0.717, 1.165) is 0 Å². The summed E-state index contributed by atoms with van der Waals surface area (Å²) in [7, 11) is -3.97. The number of ether oxygens (including phenoxy) is 2. The van der Waals surface area contributed by atoms with Crippen LogP contribution in [-0.2, 0) is 9.84 Å². The van der Waals surface area contributed by atoms with Gasteiger partial charge in [-0.15, -0.1) is 0 Å². The molecule has 3 rings (SSSR count). The average Bonchev–Trinajstić information content (AvgIpc) is 3.29. The van der Waals surface area contributed by atoms with Crippen LogP contribution in [-0.4, -0.2) is 21.0 Å². The molecule has 1 heterocycles. The summed E-state index contributed by atoms with van der Waals surface area (Å²) in [5, 5.41) is 9.43. The minimum atomic E-state index is -3.97. The van der Waals surface area contributed by atoms with Crippen LogP contribution in [0.1, 0.15) is 23.0 Å². The van der Waals surface area contributed by atoms with Crippen LogP contribution in [0.3, 0.4) is 0 Å². The highest BCUT2D eigenvalue weighted by atomic mass is 32.2. The van der Waals surface area contributed by atoms with E-state index >= 15 is 0 Å². The zero-order valence-corrected chi connectivity index (χ0v) is 16.8. The van der Waals surface area contributed by atoms with Crippen LogP contribution in [0, 0.1) is 11.3 Å². The van der Waals surface area contributed by atoms with Crippen LogP contribution in [0.2, 0.25) is 0 Å². The van der Waals surface area contributed by atoms with E-state index in [1.807, 2.05) is 0 Å². The Balaban J connectivity index is 1.95. The van der Waals surface area contributed by atoms with E-state index in [1.54, 1.807) is 37.3 Å². The molecular formula is C22H17NO6S. The molecule has 0 aliphatic heterocycles. The summed E-state index contributed by atoms with van der Waals surface area (Å²) in [6, 6.07) is 16.9. The van der Waals surface area contributed by atoms with Crippen molar-refractivity contribution in [2.75, 3.05) is 6.61 Å². The van der Waals surface area contributed by atoms with Gasteiger partial charge in [0.15, 0.2) is 11.5 Å². The third-order valence-electron chi connectivity index (χ3n) is 3.94. The largest absolute Gasteiger partial charge is 0.490 e. The van der Waals surface area contributed by atoms with Crippen molar-refractivity contribution in [2.45, 2.75) is 11.8 Å². The highest BCUT2D eigenvalue weighted by Crippen LogP contribution is 2.31. The normalized spacial score (nSPS) is 11.5. The van der Waals surface area contributed by atoms with Gasteiger partial charge in [0.05, 0.1) is 17.8 Å². The van der Waals surface area contributed by atoms with Crippen molar-refractivity contribution in [3.8, 4) is 17.6 Å². The highest BCUT2D eigenvalue weighted by molar-refractivity contribution is 7.95. The lowest BCUT2D eigenvalue weighted by Gasteiger charge is -2.11. The second-order valence-electron chi connectivity index (χ2n) is 5.94. The van der Waals surface area contributed by atoms with Crippen molar-refractivity contribution in [1.82, 2.24) is 0 Å². The molecule has 0 radical (unpaired) electrons. The number of carbonyl (C=O) groups excluding carboxylic acids is 1. The lowest BCUT2D eigenvalue weighted by Crippen LogP contribution is -2.08. The Labute approximate surface area is 173 Å². The first-order valence-electron chi connectivity index (χ1n) is 8.90. The molecule has 3 aromatic rings. The zero-order chi connectivity index (χ0) is 21.6. The Hall–Kier alpha value is -3.83. The Bertz CT molecular complexity index is 1210. The number of carbonyl (C=O) groups is 1. The lowest BCUT2D eigenvalue weighted by molar-refractivity contribution is 0.0695. The molecule has 8 heteroatoms. The number of hydrogen-bond donors (Lipinski definition) is 0. The molecule has 152 valence electrons. The fourth-order valence-electron chi connectivity index (χ4n) is 2.56. The number of sulfone groups is 1. The molecule has 0 aliphatic carbocycles. The van der Waals surface area contributed by atoms with Gasteiger partial charge < -0.3 is 13.9 Å². The van der Waals surface area contributed by atoms with Gasteiger partial charge in [-0.3, -0.25) is 0 Å². The Kier molecular flexibility index (Phi) is 6.35. The minimum absolute atomic E-state index is 0.0202. The standard InChI is InChI=1S/C22H17NO6S/c1-2-27-21-14-16(10-11-19(21)29-22(24)20-9-6-12-28-20)13-18(15-23)30(25,26)17-7-4-3-5-8-17/h3-14H,2H2,1H3. The first-order valence-corrected chi connectivity index (χ1v) is 10.4. The molecule has 30 heavy (non-hydrogen) atoms. The van der Waals surface area contributed by atoms with Crippen molar-refractivity contribution in [3.05, 3.63) is 83.2 Å². The summed E-state index contributed by atoms with van der Waals surface area (Å²) in [5.41, 5.74) is 0.396. The van der Waals surface area contributed by atoms with E-state index in [-0.39, 0.29) is 28.8 Å². The van der Waals surface area contributed by atoms with E-state index in [1.165, 1.54) is 48.7 Å². The Morgan fingerprint density at radius 2 is 1.87 bits per heavy atom. The fourth-order valence-corrected chi connectivity index (χ4v) is 3.74. The predicted molar refractivity (Wildman–Crippen MR) is 108 cm³/mol. The quantitative estimate of drug-likeness (QED) is 0.318. The molecule has 0 unspecified atom stereocenters. The number of rotatable bonds is 7. The third-order valence-corrected chi connectivity index (χ3v) is 5.62. The van der Waals surface area contributed by atoms with Crippen molar-refractivity contribution in [1.29, 1.82) is 5.26 Å². The van der Waals surface area contributed by atoms with Crippen molar-refractivity contribution < 1.29 is 27.1 Å². The first kappa shape index (κ1) is 20.9. The van der Waals surface area contributed by atoms with Crippen LogP contribution >= 0.6 is 0 Å². The summed E-state index contributed by atoms with van der Waals surface area (Å²) >= 11 is 0. The molecule has 1 aromatic heterocycles. The number of nitrogens with zero attached hydrogens (tertiary/aromatic N) is 1. The number of allylic oxidation sites excluding steroid dienone is 1. The van der Waals surface area contributed by atoms with Crippen molar-refractivity contribution >= 4 is 21.9 Å². The van der Waals surface area contributed by atoms with E-state index in [2.05, 4.69) is 0 Å². The number of benzene rings is 2. The molecule has 0 atom stereocenters. The van der Waals surface area contributed by atoms with Gasteiger partial charge in [0.1, 0.15) is 11.0 Å². The summed E-state index contributed by atoms with van der Waals surface area (Å²) in [4.78, 5) is 11.7. The average molecular weight is 423 g/mol. The maximum Gasteiger partial charge on any atom is 0.379 e. The van der Waals surface area contributed by atoms with Gasteiger partial charge in [0, 0.05) is 0 Å². The van der Waals surface area contributed by atoms with Gasteiger partial charge in [-0.1, -0.05) is 24.3 Å². The van der Waals surface area contributed by atoms with E-state index < -0.39 is 20.7 Å². The number of nitriles is 1. The number of furan rings is 1. The number of esters is 1. The molecule has 0 fully saturated rings. The van der Waals surface area contributed by atoms with E-state index in [9.17, 15) is 18.5 Å². The molecular weight excluding hydrogens is 406 g/mol. The van der Waals surface area contributed by atoms with Gasteiger partial charge in [-0.2, -0.15) is 5.26 Å².